The molecule has 0 saturated heterocycles. The fraction of sp³-hybridized carbons (Fsp3) is 0.318. The van der Waals surface area contributed by atoms with Crippen LogP contribution >= 0.6 is 11.8 Å². The standard InChI is InChI=1S/C22H27N5OS/c1-14-6-12-18(13-7-14)24-20(28)15(2)29-21-26-25-19(27(21)23)16-8-10-17(11-9-16)22(3,4)5/h6-13,15H,23H2,1-5H3,(H,24,28). The van der Waals surface area contributed by atoms with Crippen LogP contribution in [0.15, 0.2) is 53.7 Å². The smallest absolute Gasteiger partial charge is 0.237 e. The van der Waals surface area contributed by atoms with Crippen LogP contribution in [0, 0.1) is 6.92 Å². The molecule has 1 atom stereocenters. The molecule has 152 valence electrons. The van der Waals surface area contributed by atoms with E-state index < -0.39 is 0 Å². The Morgan fingerprint density at radius 1 is 1.07 bits per heavy atom. The minimum atomic E-state index is -0.376. The molecule has 0 aliphatic heterocycles. The number of rotatable bonds is 5. The zero-order valence-corrected chi connectivity index (χ0v) is 18.2. The summed E-state index contributed by atoms with van der Waals surface area (Å²) in [7, 11) is 0. The molecule has 3 N–H and O–H groups in total. The van der Waals surface area contributed by atoms with E-state index in [1.807, 2.05) is 50.2 Å². The number of hydrogen-bond acceptors (Lipinski definition) is 5. The van der Waals surface area contributed by atoms with Gasteiger partial charge in [-0.15, -0.1) is 10.2 Å². The summed E-state index contributed by atoms with van der Waals surface area (Å²) in [4.78, 5) is 12.5. The van der Waals surface area contributed by atoms with E-state index in [4.69, 9.17) is 5.84 Å². The van der Waals surface area contributed by atoms with E-state index in [-0.39, 0.29) is 16.6 Å². The number of nitrogens with one attached hydrogen (secondary N) is 1. The number of anilines is 1. The van der Waals surface area contributed by atoms with Gasteiger partial charge in [0.1, 0.15) is 0 Å². The molecule has 7 heteroatoms. The summed E-state index contributed by atoms with van der Waals surface area (Å²) < 4.78 is 1.44. The molecule has 1 heterocycles. The number of benzene rings is 2. The largest absolute Gasteiger partial charge is 0.335 e. The third-order valence-corrected chi connectivity index (χ3v) is 5.70. The normalized spacial score (nSPS) is 12.6. The van der Waals surface area contributed by atoms with Crippen LogP contribution in [0.4, 0.5) is 5.69 Å². The third kappa shape index (κ3) is 4.98. The van der Waals surface area contributed by atoms with Crippen LogP contribution in [0.1, 0.15) is 38.8 Å². The van der Waals surface area contributed by atoms with Gasteiger partial charge in [-0.3, -0.25) is 4.79 Å². The van der Waals surface area contributed by atoms with Gasteiger partial charge in [-0.1, -0.05) is 74.5 Å². The maximum Gasteiger partial charge on any atom is 0.237 e. The second-order valence-electron chi connectivity index (χ2n) is 8.12. The first-order valence-corrected chi connectivity index (χ1v) is 10.4. The Balaban J connectivity index is 1.70. The zero-order chi connectivity index (χ0) is 21.2. The van der Waals surface area contributed by atoms with Crippen molar-refractivity contribution in [3.05, 3.63) is 59.7 Å². The van der Waals surface area contributed by atoms with Crippen LogP contribution in [0.25, 0.3) is 11.4 Å². The average Bonchev–Trinajstić information content (AvgIpc) is 3.03. The number of nitrogen functional groups attached to an aromatic ring is 1. The van der Waals surface area contributed by atoms with E-state index in [0.29, 0.717) is 11.0 Å². The summed E-state index contributed by atoms with van der Waals surface area (Å²) >= 11 is 1.28. The Kier molecular flexibility index (Phi) is 5.98. The minimum absolute atomic E-state index is 0.0795. The van der Waals surface area contributed by atoms with Crippen LogP contribution in [0.5, 0.6) is 0 Å². The third-order valence-electron chi connectivity index (χ3n) is 4.64. The summed E-state index contributed by atoms with van der Waals surface area (Å²) in [5.41, 5.74) is 4.11. The number of hydrogen-bond donors (Lipinski definition) is 2. The maximum absolute atomic E-state index is 12.5. The topological polar surface area (TPSA) is 85.8 Å². The highest BCUT2D eigenvalue weighted by atomic mass is 32.2. The van der Waals surface area contributed by atoms with Crippen molar-refractivity contribution in [2.45, 2.75) is 50.4 Å². The van der Waals surface area contributed by atoms with Gasteiger partial charge in [-0.25, -0.2) is 4.68 Å². The molecule has 0 aliphatic carbocycles. The molecule has 6 nitrogen and oxygen atoms in total. The number of nitrogens with zero attached hydrogens (tertiary/aromatic N) is 3. The molecule has 1 aromatic heterocycles. The van der Waals surface area contributed by atoms with E-state index in [1.165, 1.54) is 22.0 Å². The van der Waals surface area contributed by atoms with Crippen molar-refractivity contribution in [1.82, 2.24) is 14.9 Å². The molecule has 1 amide bonds. The Labute approximate surface area is 175 Å². The van der Waals surface area contributed by atoms with Crippen molar-refractivity contribution in [3.63, 3.8) is 0 Å². The molecule has 3 rings (SSSR count). The van der Waals surface area contributed by atoms with Gasteiger partial charge in [0.05, 0.1) is 5.25 Å². The van der Waals surface area contributed by atoms with Crippen LogP contribution < -0.4 is 11.2 Å². The van der Waals surface area contributed by atoms with Crippen LogP contribution in [0.3, 0.4) is 0 Å². The number of carbonyl (C=O) groups is 1. The van der Waals surface area contributed by atoms with Gasteiger partial charge >= 0.3 is 0 Å². The van der Waals surface area contributed by atoms with Crippen molar-refractivity contribution in [2.75, 3.05) is 11.2 Å². The number of nitrogens with two attached hydrogens (primary N) is 1. The highest BCUT2D eigenvalue weighted by Crippen LogP contribution is 2.28. The lowest BCUT2D eigenvalue weighted by Crippen LogP contribution is -2.23. The van der Waals surface area contributed by atoms with Gasteiger partial charge in [0, 0.05) is 11.3 Å². The maximum atomic E-state index is 12.5. The fourth-order valence-electron chi connectivity index (χ4n) is 2.77. The molecule has 0 spiro atoms. The average molecular weight is 410 g/mol. The van der Waals surface area contributed by atoms with Gasteiger partial charge in [-0.2, -0.15) is 0 Å². The van der Waals surface area contributed by atoms with Crippen molar-refractivity contribution in [3.8, 4) is 11.4 Å². The van der Waals surface area contributed by atoms with Crippen LogP contribution in [0.2, 0.25) is 0 Å². The molecule has 0 fully saturated rings. The molecule has 2 aromatic carbocycles. The predicted molar refractivity (Wildman–Crippen MR) is 119 cm³/mol. The first-order chi connectivity index (χ1) is 13.6. The van der Waals surface area contributed by atoms with Gasteiger partial charge in [0.25, 0.3) is 0 Å². The number of carbonyl (C=O) groups excluding carboxylic acids is 1. The van der Waals surface area contributed by atoms with Gasteiger partial charge in [-0.05, 0) is 37.0 Å². The lowest BCUT2D eigenvalue weighted by molar-refractivity contribution is -0.115. The highest BCUT2D eigenvalue weighted by Gasteiger charge is 2.20. The van der Waals surface area contributed by atoms with Crippen LogP contribution in [-0.2, 0) is 10.2 Å². The SMILES string of the molecule is Cc1ccc(NC(=O)C(C)Sc2nnc(-c3ccc(C(C)(C)C)cc3)n2N)cc1. The fourth-order valence-corrected chi connectivity index (χ4v) is 3.54. The monoisotopic (exact) mass is 409 g/mol. The molecular formula is C22H27N5OS. The molecular weight excluding hydrogens is 382 g/mol. The predicted octanol–water partition coefficient (Wildman–Crippen LogP) is 4.38. The molecule has 3 aromatic rings. The van der Waals surface area contributed by atoms with Crippen molar-refractivity contribution in [2.24, 2.45) is 0 Å². The first kappa shape index (κ1) is 20.9. The van der Waals surface area contributed by atoms with E-state index >= 15 is 0 Å². The lowest BCUT2D eigenvalue weighted by Gasteiger charge is -2.19. The Bertz CT molecular complexity index is 988. The number of thioether (sulfide) groups is 1. The quantitative estimate of drug-likeness (QED) is 0.482. The zero-order valence-electron chi connectivity index (χ0n) is 17.4. The molecule has 1 unspecified atom stereocenters. The summed E-state index contributed by atoms with van der Waals surface area (Å²) in [6.07, 6.45) is 0. The minimum Gasteiger partial charge on any atom is -0.335 e. The van der Waals surface area contributed by atoms with Gasteiger partial charge in [0.15, 0.2) is 5.82 Å². The molecule has 29 heavy (non-hydrogen) atoms. The van der Waals surface area contributed by atoms with Crippen LogP contribution in [-0.4, -0.2) is 26.0 Å². The second-order valence-corrected chi connectivity index (χ2v) is 9.43. The summed E-state index contributed by atoms with van der Waals surface area (Å²) in [6, 6.07) is 15.8. The summed E-state index contributed by atoms with van der Waals surface area (Å²) in [5.74, 6) is 6.67. The summed E-state index contributed by atoms with van der Waals surface area (Å²) in [6.45, 7) is 10.3. The summed E-state index contributed by atoms with van der Waals surface area (Å²) in [5, 5.41) is 11.4. The van der Waals surface area contributed by atoms with Crippen molar-refractivity contribution < 1.29 is 4.79 Å². The molecule has 0 radical (unpaired) electrons. The highest BCUT2D eigenvalue weighted by molar-refractivity contribution is 8.00. The van der Waals surface area contributed by atoms with Gasteiger partial charge in [0.2, 0.25) is 11.1 Å². The second kappa shape index (κ2) is 8.29. The molecule has 0 aliphatic rings. The van der Waals surface area contributed by atoms with Gasteiger partial charge < -0.3 is 11.2 Å². The number of aromatic nitrogens is 3. The Hall–Kier alpha value is -2.80. The first-order valence-electron chi connectivity index (χ1n) is 9.51. The van der Waals surface area contributed by atoms with Crippen molar-refractivity contribution in [1.29, 1.82) is 0 Å². The van der Waals surface area contributed by atoms with E-state index in [2.05, 4.69) is 48.4 Å². The lowest BCUT2D eigenvalue weighted by atomic mass is 9.87. The number of aryl methyl sites for hydroxylation is 1. The van der Waals surface area contributed by atoms with E-state index in [9.17, 15) is 4.79 Å². The van der Waals surface area contributed by atoms with E-state index in [0.717, 1.165) is 16.8 Å². The number of amides is 1. The van der Waals surface area contributed by atoms with E-state index in [1.54, 1.807) is 0 Å². The molecule has 0 bridgehead atoms. The van der Waals surface area contributed by atoms with Crippen molar-refractivity contribution >= 4 is 23.4 Å². The molecule has 0 saturated carbocycles. The Morgan fingerprint density at radius 2 is 1.69 bits per heavy atom. The Morgan fingerprint density at radius 3 is 2.28 bits per heavy atom.